The van der Waals surface area contributed by atoms with E-state index in [4.69, 9.17) is 4.74 Å². The van der Waals surface area contributed by atoms with Gasteiger partial charge in [-0.1, -0.05) is 102 Å². The van der Waals surface area contributed by atoms with Gasteiger partial charge in [0.25, 0.3) is 0 Å². The van der Waals surface area contributed by atoms with Gasteiger partial charge in [-0.3, -0.25) is 4.79 Å². The number of carbonyl (C=O) groups excluding carboxylic acids is 1. The third-order valence-electron chi connectivity index (χ3n) is 4.73. The van der Waals surface area contributed by atoms with Crippen molar-refractivity contribution in [2.24, 2.45) is 0 Å². The molecule has 1 aromatic rings. The fraction of sp³-hybridized carbons (Fsp3) is 0.696. The van der Waals surface area contributed by atoms with Crippen molar-refractivity contribution in [3.8, 4) is 0 Å². The highest BCUT2D eigenvalue weighted by molar-refractivity contribution is 5.72. The van der Waals surface area contributed by atoms with Crippen molar-refractivity contribution >= 4 is 5.97 Å². The van der Waals surface area contributed by atoms with Crippen molar-refractivity contribution in [2.75, 3.05) is 0 Å². The Balaban J connectivity index is 2.13. The molecule has 2 heteroatoms. The zero-order chi connectivity index (χ0) is 18.2. The average Bonchev–Trinajstić information content (AvgIpc) is 2.61. The van der Waals surface area contributed by atoms with Gasteiger partial charge in [0.15, 0.2) is 0 Å². The maximum Gasteiger partial charge on any atom is 0.310 e. The van der Waals surface area contributed by atoms with Gasteiger partial charge in [0.1, 0.15) is 6.10 Å². The number of esters is 1. The molecule has 0 heterocycles. The molecule has 1 unspecified atom stereocenters. The van der Waals surface area contributed by atoms with E-state index in [1.165, 1.54) is 57.8 Å². The minimum atomic E-state index is -0.0828. The summed E-state index contributed by atoms with van der Waals surface area (Å²) >= 11 is 0. The molecule has 0 fully saturated rings. The maximum absolute atomic E-state index is 12.1. The van der Waals surface area contributed by atoms with Gasteiger partial charge in [0.2, 0.25) is 0 Å². The van der Waals surface area contributed by atoms with Crippen LogP contribution >= 0.6 is 0 Å². The number of unbranched alkanes of at least 4 members (excludes halogenated alkanes) is 8. The molecule has 0 bridgehead atoms. The van der Waals surface area contributed by atoms with Crippen molar-refractivity contribution in [1.82, 2.24) is 0 Å². The van der Waals surface area contributed by atoms with E-state index in [1.807, 2.05) is 30.3 Å². The molecule has 142 valence electrons. The molecule has 0 spiro atoms. The molecule has 2 nitrogen and oxygen atoms in total. The predicted octanol–water partition coefficient (Wildman–Crippen LogP) is 6.86. The first-order valence-electron chi connectivity index (χ1n) is 10.5. The summed E-state index contributed by atoms with van der Waals surface area (Å²) in [5, 5.41) is 0. The second-order valence-electron chi connectivity index (χ2n) is 7.18. The number of ether oxygens (including phenoxy) is 1. The van der Waals surface area contributed by atoms with E-state index >= 15 is 0 Å². The summed E-state index contributed by atoms with van der Waals surface area (Å²) < 4.78 is 5.73. The van der Waals surface area contributed by atoms with Crippen LogP contribution in [0.1, 0.15) is 96.5 Å². The Bertz CT molecular complexity index is 427. The zero-order valence-electron chi connectivity index (χ0n) is 16.5. The van der Waals surface area contributed by atoms with Crippen LogP contribution < -0.4 is 0 Å². The van der Waals surface area contributed by atoms with Crippen LogP contribution in [-0.2, 0) is 16.0 Å². The Hall–Kier alpha value is -1.31. The molecular formula is C23H38O2. The molecule has 1 atom stereocenters. The van der Waals surface area contributed by atoms with Crippen molar-refractivity contribution in [1.29, 1.82) is 0 Å². The summed E-state index contributed by atoms with van der Waals surface area (Å²) in [6.45, 7) is 4.42. The first-order valence-corrected chi connectivity index (χ1v) is 10.5. The molecule has 0 saturated heterocycles. The van der Waals surface area contributed by atoms with Crippen molar-refractivity contribution < 1.29 is 9.53 Å². The quantitative estimate of drug-likeness (QED) is 0.256. The summed E-state index contributed by atoms with van der Waals surface area (Å²) in [5.74, 6) is -0.0828. The smallest absolute Gasteiger partial charge is 0.310 e. The van der Waals surface area contributed by atoms with Gasteiger partial charge >= 0.3 is 5.97 Å². The van der Waals surface area contributed by atoms with Crippen LogP contribution in [0.3, 0.4) is 0 Å². The molecule has 0 aliphatic heterocycles. The molecule has 25 heavy (non-hydrogen) atoms. The van der Waals surface area contributed by atoms with E-state index in [0.29, 0.717) is 6.42 Å². The van der Waals surface area contributed by atoms with Gasteiger partial charge in [-0.05, 0) is 24.8 Å². The number of hydrogen-bond donors (Lipinski definition) is 0. The van der Waals surface area contributed by atoms with Gasteiger partial charge < -0.3 is 4.74 Å². The van der Waals surface area contributed by atoms with Crippen LogP contribution in [0.5, 0.6) is 0 Å². The van der Waals surface area contributed by atoms with E-state index in [2.05, 4.69) is 13.8 Å². The Kier molecular flexibility index (Phi) is 13.0. The first-order chi connectivity index (χ1) is 12.3. The van der Waals surface area contributed by atoms with E-state index in [0.717, 1.165) is 24.8 Å². The maximum atomic E-state index is 12.1. The van der Waals surface area contributed by atoms with Gasteiger partial charge in [-0.2, -0.15) is 0 Å². The van der Waals surface area contributed by atoms with Crippen molar-refractivity contribution in [2.45, 2.75) is 103 Å². The lowest BCUT2D eigenvalue weighted by Crippen LogP contribution is -2.19. The Morgan fingerprint density at radius 2 is 1.40 bits per heavy atom. The van der Waals surface area contributed by atoms with Crippen LogP contribution in [0.4, 0.5) is 0 Å². The summed E-state index contributed by atoms with van der Waals surface area (Å²) in [5.41, 5.74) is 1.03. The molecule has 0 aromatic heterocycles. The predicted molar refractivity (Wildman–Crippen MR) is 107 cm³/mol. The van der Waals surface area contributed by atoms with Gasteiger partial charge in [0, 0.05) is 0 Å². The molecule has 0 saturated carbocycles. The summed E-state index contributed by atoms with van der Waals surface area (Å²) in [4.78, 5) is 12.1. The fourth-order valence-corrected chi connectivity index (χ4v) is 3.26. The van der Waals surface area contributed by atoms with E-state index in [1.54, 1.807) is 0 Å². The average molecular weight is 347 g/mol. The standard InChI is InChI=1S/C23H38O2/c1-3-5-6-7-8-9-10-11-15-19-22(16-4-2)25-23(24)20-21-17-13-12-14-18-21/h12-14,17-18,22H,3-11,15-16,19-20H2,1-2H3. The van der Waals surface area contributed by atoms with Gasteiger partial charge in [-0.25, -0.2) is 0 Å². The second-order valence-corrected chi connectivity index (χ2v) is 7.18. The first kappa shape index (κ1) is 21.7. The minimum absolute atomic E-state index is 0.0828. The Morgan fingerprint density at radius 3 is 2.00 bits per heavy atom. The van der Waals surface area contributed by atoms with Gasteiger partial charge in [-0.15, -0.1) is 0 Å². The molecule has 0 radical (unpaired) electrons. The van der Waals surface area contributed by atoms with Gasteiger partial charge in [0.05, 0.1) is 6.42 Å². The normalized spacial score (nSPS) is 12.1. The van der Waals surface area contributed by atoms with E-state index < -0.39 is 0 Å². The zero-order valence-corrected chi connectivity index (χ0v) is 16.5. The topological polar surface area (TPSA) is 26.3 Å². The highest BCUT2D eigenvalue weighted by Gasteiger charge is 2.13. The molecule has 1 rings (SSSR count). The second kappa shape index (κ2) is 15.0. The highest BCUT2D eigenvalue weighted by Crippen LogP contribution is 2.16. The lowest BCUT2D eigenvalue weighted by molar-refractivity contribution is -0.149. The van der Waals surface area contributed by atoms with Crippen LogP contribution in [0.2, 0.25) is 0 Å². The third-order valence-corrected chi connectivity index (χ3v) is 4.73. The molecule has 0 N–H and O–H groups in total. The molecule has 1 aromatic carbocycles. The van der Waals surface area contributed by atoms with E-state index in [9.17, 15) is 4.79 Å². The highest BCUT2D eigenvalue weighted by atomic mass is 16.5. The monoisotopic (exact) mass is 346 g/mol. The lowest BCUT2D eigenvalue weighted by Gasteiger charge is -2.17. The molecule has 0 amide bonds. The van der Waals surface area contributed by atoms with Crippen LogP contribution in [0.15, 0.2) is 30.3 Å². The summed E-state index contributed by atoms with van der Waals surface area (Å²) in [7, 11) is 0. The Morgan fingerprint density at radius 1 is 0.800 bits per heavy atom. The van der Waals surface area contributed by atoms with E-state index in [-0.39, 0.29) is 12.1 Å². The lowest BCUT2D eigenvalue weighted by atomic mass is 10.0. The fourth-order valence-electron chi connectivity index (χ4n) is 3.26. The minimum Gasteiger partial charge on any atom is -0.462 e. The number of benzene rings is 1. The van der Waals surface area contributed by atoms with Crippen LogP contribution in [-0.4, -0.2) is 12.1 Å². The third kappa shape index (κ3) is 11.8. The molecule has 0 aliphatic rings. The number of rotatable bonds is 15. The van der Waals surface area contributed by atoms with Crippen molar-refractivity contribution in [3.05, 3.63) is 35.9 Å². The summed E-state index contributed by atoms with van der Waals surface area (Å²) in [6.07, 6.45) is 15.6. The summed E-state index contributed by atoms with van der Waals surface area (Å²) in [6, 6.07) is 9.87. The van der Waals surface area contributed by atoms with Crippen LogP contribution in [0.25, 0.3) is 0 Å². The largest absolute Gasteiger partial charge is 0.462 e. The number of hydrogen-bond acceptors (Lipinski definition) is 2. The van der Waals surface area contributed by atoms with Crippen molar-refractivity contribution in [3.63, 3.8) is 0 Å². The molecular weight excluding hydrogens is 308 g/mol. The van der Waals surface area contributed by atoms with Crippen LogP contribution in [0, 0.1) is 0 Å². The number of carbonyl (C=O) groups is 1. The Labute approximate surface area is 155 Å². The SMILES string of the molecule is CCCCCCCCCCCC(CCC)OC(=O)Cc1ccccc1. The molecule has 0 aliphatic carbocycles.